The Morgan fingerprint density at radius 1 is 1.09 bits per heavy atom. The van der Waals surface area contributed by atoms with Crippen LogP contribution in [0.5, 0.6) is 5.75 Å². The summed E-state index contributed by atoms with van der Waals surface area (Å²) < 4.78 is 11.1. The van der Waals surface area contributed by atoms with Crippen LogP contribution in [0.3, 0.4) is 0 Å². The highest BCUT2D eigenvalue weighted by Crippen LogP contribution is 2.30. The fourth-order valence-corrected chi connectivity index (χ4v) is 3.72. The zero-order valence-corrected chi connectivity index (χ0v) is 18.2. The minimum atomic E-state index is -0.370. The number of para-hydroxylation sites is 1. The van der Waals surface area contributed by atoms with Crippen LogP contribution in [0.1, 0.15) is 56.2 Å². The average Bonchev–Trinajstić information content (AvgIpc) is 3.16. The summed E-state index contributed by atoms with van der Waals surface area (Å²) in [5.74, 6) is 1.10. The van der Waals surface area contributed by atoms with Crippen molar-refractivity contribution in [3.63, 3.8) is 0 Å². The molecule has 0 fully saturated rings. The summed E-state index contributed by atoms with van der Waals surface area (Å²) in [7, 11) is 1.51. The summed E-state index contributed by atoms with van der Waals surface area (Å²) in [4.78, 5) is 29.6. The quantitative estimate of drug-likeness (QED) is 0.592. The smallest absolute Gasteiger partial charge is 0.292 e. The number of hydrazone groups is 1. The van der Waals surface area contributed by atoms with Gasteiger partial charge in [-0.1, -0.05) is 18.2 Å². The summed E-state index contributed by atoms with van der Waals surface area (Å²) in [6.45, 7) is 3.75. The van der Waals surface area contributed by atoms with Gasteiger partial charge in [0.05, 0.1) is 18.4 Å². The number of anilines is 1. The van der Waals surface area contributed by atoms with Crippen LogP contribution in [0.4, 0.5) is 5.82 Å². The molecule has 1 aliphatic carbocycles. The highest BCUT2D eigenvalue weighted by Gasteiger charge is 2.28. The van der Waals surface area contributed by atoms with E-state index in [-0.39, 0.29) is 17.6 Å². The number of hydrogen-bond acceptors (Lipinski definition) is 6. The molecule has 0 saturated heterocycles. The molecule has 2 N–H and O–H groups in total. The fraction of sp³-hybridized carbons (Fsp3) is 0.250. The van der Waals surface area contributed by atoms with Gasteiger partial charge in [0.2, 0.25) is 0 Å². The lowest BCUT2D eigenvalue weighted by Crippen LogP contribution is -2.22. The maximum Gasteiger partial charge on any atom is 0.292 e. The molecule has 2 amide bonds. The highest BCUT2D eigenvalue weighted by molar-refractivity contribution is 6.09. The number of aryl methyl sites for hydroxylation is 2. The molecule has 0 unspecified atom stereocenters. The monoisotopic (exact) mass is 432 g/mol. The van der Waals surface area contributed by atoms with Gasteiger partial charge in [0, 0.05) is 23.7 Å². The van der Waals surface area contributed by atoms with Crippen molar-refractivity contribution in [3.05, 3.63) is 76.4 Å². The highest BCUT2D eigenvalue weighted by atomic mass is 16.5. The summed E-state index contributed by atoms with van der Waals surface area (Å²) in [5, 5.41) is 7.13. The van der Waals surface area contributed by atoms with Crippen LogP contribution in [0, 0.1) is 13.8 Å². The lowest BCUT2D eigenvalue weighted by Gasteiger charge is -2.14. The number of pyridine rings is 1. The Morgan fingerprint density at radius 3 is 2.66 bits per heavy atom. The van der Waals surface area contributed by atoms with Crippen LogP contribution in [-0.4, -0.2) is 29.6 Å². The van der Waals surface area contributed by atoms with Gasteiger partial charge in [-0.2, -0.15) is 5.10 Å². The minimum Gasteiger partial charge on any atom is -0.496 e. The van der Waals surface area contributed by atoms with Gasteiger partial charge >= 0.3 is 0 Å². The maximum atomic E-state index is 12.8. The first-order valence-electron chi connectivity index (χ1n) is 10.3. The Kier molecular flexibility index (Phi) is 6.02. The molecule has 164 valence electrons. The third kappa shape index (κ3) is 4.25. The first-order chi connectivity index (χ1) is 15.5. The van der Waals surface area contributed by atoms with E-state index in [2.05, 4.69) is 20.8 Å². The summed E-state index contributed by atoms with van der Waals surface area (Å²) in [5.41, 5.74) is 6.16. The lowest BCUT2D eigenvalue weighted by molar-refractivity contribution is 0.0950. The van der Waals surface area contributed by atoms with Crippen LogP contribution >= 0.6 is 0 Å². The summed E-state index contributed by atoms with van der Waals surface area (Å²) in [6, 6.07) is 10.6. The van der Waals surface area contributed by atoms with Crippen molar-refractivity contribution in [2.45, 2.75) is 33.1 Å². The van der Waals surface area contributed by atoms with Gasteiger partial charge in [-0.15, -0.1) is 0 Å². The second-order valence-corrected chi connectivity index (χ2v) is 7.58. The first-order valence-corrected chi connectivity index (χ1v) is 10.3. The Bertz CT molecular complexity index is 1200. The zero-order valence-electron chi connectivity index (χ0n) is 18.2. The number of rotatable bonds is 5. The Labute approximate surface area is 185 Å². The largest absolute Gasteiger partial charge is 0.496 e. The maximum absolute atomic E-state index is 12.8. The number of hydrogen-bond donors (Lipinski definition) is 2. The molecule has 0 radical (unpaired) electrons. The Hall–Kier alpha value is -3.94. The van der Waals surface area contributed by atoms with Crippen molar-refractivity contribution in [2.24, 2.45) is 5.10 Å². The van der Waals surface area contributed by atoms with Crippen molar-refractivity contribution in [1.29, 1.82) is 0 Å². The molecule has 8 heteroatoms. The number of methoxy groups -OCH3 is 1. The van der Waals surface area contributed by atoms with Crippen LogP contribution in [-0.2, 0) is 6.42 Å². The minimum absolute atomic E-state index is 0.225. The lowest BCUT2D eigenvalue weighted by atomic mass is 9.93. The Balaban J connectivity index is 1.57. The summed E-state index contributed by atoms with van der Waals surface area (Å²) >= 11 is 0. The fourth-order valence-electron chi connectivity index (χ4n) is 3.72. The normalized spacial score (nSPS) is 14.0. The number of amides is 2. The van der Waals surface area contributed by atoms with Crippen molar-refractivity contribution >= 4 is 23.3 Å². The summed E-state index contributed by atoms with van der Waals surface area (Å²) in [6.07, 6.45) is 3.86. The van der Waals surface area contributed by atoms with E-state index < -0.39 is 0 Å². The van der Waals surface area contributed by atoms with E-state index >= 15 is 0 Å². The molecule has 0 saturated carbocycles. The third-order valence-corrected chi connectivity index (χ3v) is 5.33. The first kappa shape index (κ1) is 21.3. The van der Waals surface area contributed by atoms with E-state index in [0.29, 0.717) is 47.0 Å². The van der Waals surface area contributed by atoms with Crippen LogP contribution in [0.25, 0.3) is 0 Å². The number of nitrogens with zero attached hydrogens (tertiary/aromatic N) is 2. The molecule has 8 nitrogen and oxygen atoms in total. The van der Waals surface area contributed by atoms with E-state index in [1.54, 1.807) is 36.5 Å². The standard InChI is InChI=1S/C24H24N4O4/c1-14-11-12-20(25-13-14)26-24(30)22-15(2)21-17(8-6-10-19(21)32-22)27-28-23(29)16-7-4-5-9-18(16)31-3/h4-5,7,9,11-13H,6,8,10H2,1-3H3,(H,28,29)(H,25,26,30)/b27-17+. The molecule has 1 aliphatic rings. The molecule has 0 spiro atoms. The number of furan rings is 1. The number of nitrogens with one attached hydrogen (secondary N) is 2. The number of ether oxygens (including phenoxy) is 1. The molecule has 2 aromatic heterocycles. The molecule has 1 aromatic carbocycles. The van der Waals surface area contributed by atoms with E-state index in [0.717, 1.165) is 17.5 Å². The molecular weight excluding hydrogens is 408 g/mol. The average molecular weight is 432 g/mol. The Morgan fingerprint density at radius 2 is 1.91 bits per heavy atom. The second-order valence-electron chi connectivity index (χ2n) is 7.58. The molecule has 0 aliphatic heterocycles. The van der Waals surface area contributed by atoms with E-state index in [1.165, 1.54) is 7.11 Å². The van der Waals surface area contributed by atoms with Crippen molar-refractivity contribution in [2.75, 3.05) is 12.4 Å². The van der Waals surface area contributed by atoms with Gasteiger partial charge in [0.1, 0.15) is 17.3 Å². The predicted molar refractivity (Wildman–Crippen MR) is 120 cm³/mol. The number of aromatic nitrogens is 1. The number of carbonyl (C=O) groups excluding carboxylic acids is 2. The number of benzene rings is 1. The second kappa shape index (κ2) is 9.05. The number of carbonyl (C=O) groups is 2. The molecule has 32 heavy (non-hydrogen) atoms. The van der Waals surface area contributed by atoms with Gasteiger partial charge in [0.25, 0.3) is 11.8 Å². The van der Waals surface area contributed by atoms with Crippen LogP contribution < -0.4 is 15.5 Å². The van der Waals surface area contributed by atoms with Crippen molar-refractivity contribution < 1.29 is 18.7 Å². The zero-order chi connectivity index (χ0) is 22.7. The van der Waals surface area contributed by atoms with E-state index in [9.17, 15) is 9.59 Å². The number of fused-ring (bicyclic) bond motifs is 1. The van der Waals surface area contributed by atoms with E-state index in [1.807, 2.05) is 19.9 Å². The van der Waals surface area contributed by atoms with Crippen LogP contribution in [0.15, 0.2) is 52.1 Å². The molecule has 0 bridgehead atoms. The van der Waals surface area contributed by atoms with Crippen molar-refractivity contribution in [1.82, 2.24) is 10.4 Å². The van der Waals surface area contributed by atoms with Crippen LogP contribution in [0.2, 0.25) is 0 Å². The van der Waals surface area contributed by atoms with E-state index in [4.69, 9.17) is 9.15 Å². The molecule has 4 rings (SSSR count). The molecule has 3 aromatic rings. The molecule has 0 atom stereocenters. The van der Waals surface area contributed by atoms with Gasteiger partial charge in [-0.25, -0.2) is 10.4 Å². The predicted octanol–water partition coefficient (Wildman–Crippen LogP) is 4.02. The van der Waals surface area contributed by atoms with Gasteiger partial charge in [0.15, 0.2) is 5.76 Å². The SMILES string of the molecule is COc1ccccc1C(=O)N/N=C1\CCCc2oc(C(=O)Nc3ccc(C)cn3)c(C)c21. The van der Waals surface area contributed by atoms with Gasteiger partial charge < -0.3 is 14.5 Å². The third-order valence-electron chi connectivity index (χ3n) is 5.33. The van der Waals surface area contributed by atoms with Gasteiger partial charge in [-0.3, -0.25) is 9.59 Å². The van der Waals surface area contributed by atoms with Gasteiger partial charge in [-0.05, 0) is 50.5 Å². The van der Waals surface area contributed by atoms with Crippen molar-refractivity contribution in [3.8, 4) is 5.75 Å². The topological polar surface area (TPSA) is 106 Å². The molecule has 2 heterocycles. The molecular formula is C24H24N4O4.